The van der Waals surface area contributed by atoms with E-state index in [2.05, 4.69) is 17.2 Å². The van der Waals surface area contributed by atoms with Gasteiger partial charge in [0.1, 0.15) is 5.82 Å². The quantitative estimate of drug-likeness (QED) is 0.814. The lowest BCUT2D eigenvalue weighted by Gasteiger charge is -2.16. The molecule has 5 heteroatoms. The Hall–Kier alpha value is -1.88. The van der Waals surface area contributed by atoms with Crippen molar-refractivity contribution in [1.29, 1.82) is 0 Å². The highest BCUT2D eigenvalue weighted by Gasteiger charge is 2.04. The van der Waals surface area contributed by atoms with Gasteiger partial charge in [0.25, 0.3) is 5.56 Å². The molecule has 0 saturated carbocycles. The fraction of sp³-hybridized carbons (Fsp3) is 0.385. The molecule has 1 aromatic heterocycles. The highest BCUT2D eigenvalue weighted by atomic mass is 16.5. The molecular weight excluding hydrogens is 230 g/mol. The number of para-hydroxylation sites is 1. The van der Waals surface area contributed by atoms with Gasteiger partial charge in [-0.3, -0.25) is 4.79 Å². The Morgan fingerprint density at radius 3 is 2.94 bits per heavy atom. The zero-order valence-electron chi connectivity index (χ0n) is 10.3. The van der Waals surface area contributed by atoms with Gasteiger partial charge in [0.15, 0.2) is 0 Å². The van der Waals surface area contributed by atoms with E-state index < -0.39 is 5.56 Å². The Morgan fingerprint density at radius 1 is 1.39 bits per heavy atom. The molecule has 0 radical (unpaired) electrons. The van der Waals surface area contributed by atoms with E-state index in [4.69, 9.17) is 0 Å². The van der Waals surface area contributed by atoms with Crippen molar-refractivity contribution in [3.8, 4) is 0 Å². The van der Waals surface area contributed by atoms with Crippen molar-refractivity contribution in [2.75, 3.05) is 6.54 Å². The summed E-state index contributed by atoms with van der Waals surface area (Å²) in [5.41, 5.74) is 0.0368. The van der Waals surface area contributed by atoms with E-state index in [-0.39, 0.29) is 5.82 Å². The molecular formula is C13H16N3O2-. The molecule has 0 aliphatic rings. The average Bonchev–Trinajstić information content (AvgIpc) is 2.40. The first-order valence-corrected chi connectivity index (χ1v) is 6.13. The van der Waals surface area contributed by atoms with E-state index in [9.17, 15) is 10.0 Å². The van der Waals surface area contributed by atoms with Gasteiger partial charge >= 0.3 is 0 Å². The number of aromatic nitrogens is 2. The number of rotatable bonds is 5. The van der Waals surface area contributed by atoms with Crippen LogP contribution in [0.1, 0.15) is 25.6 Å². The molecule has 1 heterocycles. The normalized spacial score (nSPS) is 10.9. The first kappa shape index (κ1) is 12.6. The average molecular weight is 246 g/mol. The molecule has 2 rings (SSSR count). The maximum Gasteiger partial charge on any atom is 0.256 e. The lowest BCUT2D eigenvalue weighted by molar-refractivity contribution is 0.611. The number of nitrogens with one attached hydrogen (secondary N) is 1. The van der Waals surface area contributed by atoms with E-state index in [1.54, 1.807) is 24.3 Å². The zero-order chi connectivity index (χ0) is 13.0. The van der Waals surface area contributed by atoms with Crippen molar-refractivity contribution in [3.63, 3.8) is 0 Å². The second-order valence-electron chi connectivity index (χ2n) is 4.18. The first-order valence-electron chi connectivity index (χ1n) is 6.13. The van der Waals surface area contributed by atoms with Crippen molar-refractivity contribution >= 4 is 10.9 Å². The standard InChI is InChI=1S/C13H16N3O2/c1-2-3-8-14-9-12-15-11-7-5-4-6-10(11)13(17)16(12)18/h4-7,14H,2-3,8-9H2,1H3/q-1. The van der Waals surface area contributed by atoms with Crippen molar-refractivity contribution < 1.29 is 0 Å². The van der Waals surface area contributed by atoms with Gasteiger partial charge in [0.2, 0.25) is 0 Å². The molecule has 2 aromatic rings. The van der Waals surface area contributed by atoms with E-state index in [0.29, 0.717) is 22.2 Å². The van der Waals surface area contributed by atoms with E-state index in [1.807, 2.05) is 0 Å². The predicted octanol–water partition coefficient (Wildman–Crippen LogP) is 1.63. The van der Waals surface area contributed by atoms with Gasteiger partial charge in [0.05, 0.1) is 17.4 Å². The van der Waals surface area contributed by atoms with Crippen LogP contribution < -0.4 is 10.9 Å². The maximum absolute atomic E-state index is 11.8. The number of benzene rings is 1. The van der Waals surface area contributed by atoms with Crippen LogP contribution in [0, 0.1) is 5.21 Å². The molecule has 0 aliphatic carbocycles. The zero-order valence-corrected chi connectivity index (χ0v) is 10.3. The summed E-state index contributed by atoms with van der Waals surface area (Å²) in [7, 11) is 0. The van der Waals surface area contributed by atoms with Crippen LogP contribution in [0.4, 0.5) is 0 Å². The van der Waals surface area contributed by atoms with Gasteiger partial charge in [-0.15, -0.1) is 0 Å². The van der Waals surface area contributed by atoms with Crippen LogP contribution in [-0.2, 0) is 6.54 Å². The summed E-state index contributed by atoms with van der Waals surface area (Å²) in [5, 5.41) is 15.2. The Balaban J connectivity index is 2.28. The van der Waals surface area contributed by atoms with Crippen molar-refractivity contribution in [3.05, 3.63) is 45.7 Å². The fourth-order valence-electron chi connectivity index (χ4n) is 1.78. The summed E-state index contributed by atoms with van der Waals surface area (Å²) in [6.45, 7) is 3.24. The molecule has 5 nitrogen and oxygen atoms in total. The number of unbranched alkanes of at least 4 members (excludes halogenated alkanes) is 1. The third kappa shape index (κ3) is 2.51. The maximum atomic E-state index is 11.8. The van der Waals surface area contributed by atoms with Gasteiger partial charge in [-0.25, -0.2) is 4.98 Å². The van der Waals surface area contributed by atoms with Crippen LogP contribution in [0.2, 0.25) is 0 Å². The van der Waals surface area contributed by atoms with Crippen molar-refractivity contribution in [2.45, 2.75) is 26.3 Å². The molecule has 0 amide bonds. The Morgan fingerprint density at radius 2 is 2.17 bits per heavy atom. The summed E-state index contributed by atoms with van der Waals surface area (Å²) < 4.78 is 0.376. The molecule has 1 aromatic carbocycles. The van der Waals surface area contributed by atoms with Crippen LogP contribution in [0.5, 0.6) is 0 Å². The minimum absolute atomic E-state index is 0.231. The first-order chi connectivity index (χ1) is 8.74. The van der Waals surface area contributed by atoms with Crippen LogP contribution in [0.3, 0.4) is 0 Å². The molecule has 96 valence electrons. The summed E-state index contributed by atoms with van der Waals surface area (Å²) in [5.74, 6) is 0.231. The second kappa shape index (κ2) is 5.64. The SMILES string of the molecule is CCCCNCc1nc2ccccc2c(=O)n1[O-]. The molecule has 0 spiro atoms. The Bertz CT molecular complexity index is 592. The smallest absolute Gasteiger partial charge is 0.256 e. The van der Waals surface area contributed by atoms with Crippen molar-refractivity contribution in [1.82, 2.24) is 15.0 Å². The van der Waals surface area contributed by atoms with E-state index >= 15 is 0 Å². The van der Waals surface area contributed by atoms with Crippen LogP contribution in [0.15, 0.2) is 29.1 Å². The highest BCUT2D eigenvalue weighted by Crippen LogP contribution is 2.07. The summed E-state index contributed by atoms with van der Waals surface area (Å²) in [4.78, 5) is 16.0. The predicted molar refractivity (Wildman–Crippen MR) is 71.4 cm³/mol. The third-order valence-electron chi connectivity index (χ3n) is 2.79. The molecule has 0 aliphatic heterocycles. The number of nitrogens with zero attached hydrogens (tertiary/aromatic N) is 2. The van der Waals surface area contributed by atoms with Crippen molar-refractivity contribution in [2.24, 2.45) is 0 Å². The Labute approximate surface area is 105 Å². The van der Waals surface area contributed by atoms with Gasteiger partial charge < -0.3 is 15.3 Å². The molecule has 0 saturated heterocycles. The number of fused-ring (bicyclic) bond motifs is 1. The van der Waals surface area contributed by atoms with E-state index in [0.717, 1.165) is 19.4 Å². The van der Waals surface area contributed by atoms with Crippen LogP contribution in [0.25, 0.3) is 10.9 Å². The lowest BCUT2D eigenvalue weighted by atomic mass is 10.2. The Kier molecular flexibility index (Phi) is 3.94. The fourth-order valence-corrected chi connectivity index (χ4v) is 1.78. The van der Waals surface area contributed by atoms with Crippen LogP contribution >= 0.6 is 0 Å². The molecule has 0 unspecified atom stereocenters. The molecule has 0 atom stereocenters. The number of hydrogen-bond donors (Lipinski definition) is 1. The molecule has 1 N–H and O–H groups in total. The van der Waals surface area contributed by atoms with Gasteiger partial charge in [-0.1, -0.05) is 25.5 Å². The minimum Gasteiger partial charge on any atom is -0.802 e. The van der Waals surface area contributed by atoms with E-state index in [1.165, 1.54) is 0 Å². The monoisotopic (exact) mass is 246 g/mol. The lowest BCUT2D eigenvalue weighted by Crippen LogP contribution is -2.26. The summed E-state index contributed by atoms with van der Waals surface area (Å²) in [6.07, 6.45) is 2.12. The third-order valence-corrected chi connectivity index (χ3v) is 2.79. The van der Waals surface area contributed by atoms with Gasteiger partial charge in [-0.2, -0.15) is 0 Å². The van der Waals surface area contributed by atoms with Crippen LogP contribution in [-0.4, -0.2) is 16.3 Å². The topological polar surface area (TPSA) is 70.0 Å². The summed E-state index contributed by atoms with van der Waals surface area (Å²) >= 11 is 0. The van der Waals surface area contributed by atoms with Gasteiger partial charge in [-0.05, 0) is 25.1 Å². The highest BCUT2D eigenvalue weighted by molar-refractivity contribution is 5.77. The molecule has 0 bridgehead atoms. The minimum atomic E-state index is -0.534. The molecule has 18 heavy (non-hydrogen) atoms. The summed E-state index contributed by atoms with van der Waals surface area (Å²) in [6, 6.07) is 6.89. The van der Waals surface area contributed by atoms with Gasteiger partial charge in [0, 0.05) is 0 Å². The largest absolute Gasteiger partial charge is 0.802 e. The second-order valence-corrected chi connectivity index (χ2v) is 4.18. The number of hydrogen-bond acceptors (Lipinski definition) is 4. The molecule has 0 fully saturated rings.